The van der Waals surface area contributed by atoms with Crippen molar-refractivity contribution in [3.8, 4) is 0 Å². The third-order valence-corrected chi connectivity index (χ3v) is 4.09. The number of likely N-dealkylation sites (N-methyl/N-ethyl adjacent to an activating group) is 1. The van der Waals surface area contributed by atoms with Gasteiger partial charge >= 0.3 is 0 Å². The molecule has 1 atom stereocenters. The fourth-order valence-electron chi connectivity index (χ4n) is 2.71. The third kappa shape index (κ3) is 5.14. The Morgan fingerprint density at radius 2 is 1.68 bits per heavy atom. The summed E-state index contributed by atoms with van der Waals surface area (Å²) in [6, 6.07) is 14.9. The Hall–Kier alpha value is -2.69. The lowest BCUT2D eigenvalue weighted by molar-refractivity contribution is -0.140. The van der Waals surface area contributed by atoms with Crippen LogP contribution in [0.15, 0.2) is 54.6 Å². The summed E-state index contributed by atoms with van der Waals surface area (Å²) < 4.78 is 13.1. The maximum absolute atomic E-state index is 13.1. The topological polar surface area (TPSA) is 49.4 Å². The highest BCUT2D eigenvalue weighted by Crippen LogP contribution is 2.16. The first-order chi connectivity index (χ1) is 12.0. The van der Waals surface area contributed by atoms with Gasteiger partial charge in [0.25, 0.3) is 0 Å². The summed E-state index contributed by atoms with van der Waals surface area (Å²) in [6.45, 7) is 2.03. The van der Waals surface area contributed by atoms with Crippen LogP contribution in [0.2, 0.25) is 0 Å². The molecule has 0 heterocycles. The molecule has 2 rings (SSSR count). The zero-order valence-corrected chi connectivity index (χ0v) is 14.5. The van der Waals surface area contributed by atoms with Crippen molar-refractivity contribution >= 4 is 11.8 Å². The number of carbonyl (C=O) groups excluding carboxylic acids is 2. The molecule has 132 valence electrons. The lowest BCUT2D eigenvalue weighted by atomic mass is 10.0. The van der Waals surface area contributed by atoms with Gasteiger partial charge in [0.05, 0.1) is 0 Å². The summed E-state index contributed by atoms with van der Waals surface area (Å²) in [5, 5.41) is 2.65. The summed E-state index contributed by atoms with van der Waals surface area (Å²) in [6.07, 6.45) is 0.719. The molecule has 2 aromatic carbocycles. The first kappa shape index (κ1) is 18.6. The number of hydrogen-bond acceptors (Lipinski definition) is 2. The van der Waals surface area contributed by atoms with E-state index in [9.17, 15) is 14.0 Å². The smallest absolute Gasteiger partial charge is 0.242 e. The van der Waals surface area contributed by atoms with Crippen LogP contribution in [0.3, 0.4) is 0 Å². The second-order valence-electron chi connectivity index (χ2n) is 5.82. The number of nitrogens with zero attached hydrogens (tertiary/aromatic N) is 1. The Kier molecular flexibility index (Phi) is 6.69. The van der Waals surface area contributed by atoms with Gasteiger partial charge in [0.2, 0.25) is 11.8 Å². The average molecular weight is 342 g/mol. The molecule has 25 heavy (non-hydrogen) atoms. The summed E-state index contributed by atoms with van der Waals surface area (Å²) >= 11 is 0. The van der Waals surface area contributed by atoms with Crippen LogP contribution in [0.4, 0.5) is 4.39 Å². The van der Waals surface area contributed by atoms with Gasteiger partial charge in [-0.2, -0.15) is 0 Å². The Morgan fingerprint density at radius 3 is 2.24 bits per heavy atom. The van der Waals surface area contributed by atoms with Crippen LogP contribution >= 0.6 is 0 Å². The van der Waals surface area contributed by atoms with Crippen LogP contribution in [0.25, 0.3) is 0 Å². The van der Waals surface area contributed by atoms with E-state index in [-0.39, 0.29) is 24.2 Å². The van der Waals surface area contributed by atoms with Crippen LogP contribution in [0, 0.1) is 5.82 Å². The van der Waals surface area contributed by atoms with E-state index in [2.05, 4.69) is 5.32 Å². The Morgan fingerprint density at radius 1 is 1.04 bits per heavy atom. The molecule has 0 unspecified atom stereocenters. The number of halogens is 1. The molecule has 0 aliphatic heterocycles. The van der Waals surface area contributed by atoms with Crippen molar-refractivity contribution < 1.29 is 14.0 Å². The molecule has 2 amide bonds. The van der Waals surface area contributed by atoms with Crippen molar-refractivity contribution in [3.05, 3.63) is 71.5 Å². The molecule has 0 fully saturated rings. The van der Waals surface area contributed by atoms with Gasteiger partial charge in [-0.1, -0.05) is 49.4 Å². The van der Waals surface area contributed by atoms with Crippen molar-refractivity contribution in [3.63, 3.8) is 0 Å². The number of carbonyl (C=O) groups is 2. The molecule has 5 heteroatoms. The SMILES string of the molecule is CCC(=O)N(Cc1ccc(F)cc1)[C@H](Cc1ccccc1)C(=O)NC. The zero-order chi connectivity index (χ0) is 18.2. The number of amides is 2. The summed E-state index contributed by atoms with van der Waals surface area (Å²) in [5.41, 5.74) is 1.76. The third-order valence-electron chi connectivity index (χ3n) is 4.09. The highest BCUT2D eigenvalue weighted by molar-refractivity contribution is 5.87. The van der Waals surface area contributed by atoms with E-state index in [4.69, 9.17) is 0 Å². The highest BCUT2D eigenvalue weighted by Gasteiger charge is 2.28. The molecule has 1 N–H and O–H groups in total. The largest absolute Gasteiger partial charge is 0.357 e. The van der Waals surface area contributed by atoms with E-state index in [0.29, 0.717) is 12.8 Å². The van der Waals surface area contributed by atoms with E-state index in [1.54, 1.807) is 31.0 Å². The molecular weight excluding hydrogens is 319 g/mol. The van der Waals surface area contributed by atoms with Crippen LogP contribution in [0.5, 0.6) is 0 Å². The van der Waals surface area contributed by atoms with Gasteiger partial charge in [0.15, 0.2) is 0 Å². The van der Waals surface area contributed by atoms with E-state index in [1.165, 1.54) is 12.1 Å². The maximum Gasteiger partial charge on any atom is 0.242 e. The molecule has 0 aromatic heterocycles. The number of benzene rings is 2. The molecule has 4 nitrogen and oxygen atoms in total. The molecule has 0 radical (unpaired) electrons. The minimum Gasteiger partial charge on any atom is -0.357 e. The van der Waals surface area contributed by atoms with Crippen molar-refractivity contribution in [2.45, 2.75) is 32.4 Å². The maximum atomic E-state index is 13.1. The number of nitrogens with one attached hydrogen (secondary N) is 1. The molecule has 0 spiro atoms. The Balaban J connectivity index is 2.30. The number of rotatable bonds is 7. The van der Waals surface area contributed by atoms with Crippen molar-refractivity contribution in [1.29, 1.82) is 0 Å². The molecule has 0 aliphatic rings. The van der Waals surface area contributed by atoms with Crippen LogP contribution in [-0.2, 0) is 22.6 Å². The van der Waals surface area contributed by atoms with Crippen LogP contribution < -0.4 is 5.32 Å². The van der Waals surface area contributed by atoms with Gasteiger partial charge in [0.1, 0.15) is 11.9 Å². The van der Waals surface area contributed by atoms with Gasteiger partial charge < -0.3 is 10.2 Å². The standard InChI is InChI=1S/C20H23FN2O2/c1-3-19(24)23(14-16-9-11-17(21)12-10-16)18(20(25)22-2)13-15-7-5-4-6-8-15/h4-12,18H,3,13-14H2,1-2H3,(H,22,25)/t18-/m1/s1. The molecule has 0 saturated carbocycles. The first-order valence-corrected chi connectivity index (χ1v) is 8.34. The lowest BCUT2D eigenvalue weighted by Crippen LogP contribution is -2.49. The highest BCUT2D eigenvalue weighted by atomic mass is 19.1. The molecule has 0 bridgehead atoms. The quantitative estimate of drug-likeness (QED) is 0.841. The minimum absolute atomic E-state index is 0.117. The molecule has 2 aromatic rings. The van der Waals surface area contributed by atoms with Gasteiger partial charge in [0, 0.05) is 26.4 Å². The predicted octanol–water partition coefficient (Wildman–Crippen LogP) is 2.92. The Bertz CT molecular complexity index is 701. The fourth-order valence-corrected chi connectivity index (χ4v) is 2.71. The first-order valence-electron chi connectivity index (χ1n) is 8.34. The van der Waals surface area contributed by atoms with E-state index in [0.717, 1.165) is 11.1 Å². The van der Waals surface area contributed by atoms with Crippen LogP contribution in [-0.4, -0.2) is 29.8 Å². The van der Waals surface area contributed by atoms with Crippen molar-refractivity contribution in [1.82, 2.24) is 10.2 Å². The van der Waals surface area contributed by atoms with Gasteiger partial charge in [-0.05, 0) is 23.3 Å². The van der Waals surface area contributed by atoms with E-state index in [1.807, 2.05) is 30.3 Å². The van der Waals surface area contributed by atoms with Crippen molar-refractivity contribution in [2.75, 3.05) is 7.05 Å². The van der Waals surface area contributed by atoms with Gasteiger partial charge in [-0.15, -0.1) is 0 Å². The summed E-state index contributed by atoms with van der Waals surface area (Å²) in [5.74, 6) is -0.661. The monoisotopic (exact) mass is 342 g/mol. The lowest BCUT2D eigenvalue weighted by Gasteiger charge is -2.31. The molecular formula is C20H23FN2O2. The number of hydrogen-bond donors (Lipinski definition) is 1. The molecule has 0 saturated heterocycles. The second kappa shape index (κ2) is 8.97. The van der Waals surface area contributed by atoms with Gasteiger partial charge in [-0.3, -0.25) is 9.59 Å². The molecule has 0 aliphatic carbocycles. The second-order valence-corrected chi connectivity index (χ2v) is 5.82. The van der Waals surface area contributed by atoms with Gasteiger partial charge in [-0.25, -0.2) is 4.39 Å². The average Bonchev–Trinajstić information content (AvgIpc) is 2.65. The minimum atomic E-state index is -0.620. The van der Waals surface area contributed by atoms with Crippen molar-refractivity contribution in [2.24, 2.45) is 0 Å². The Labute approximate surface area is 147 Å². The predicted molar refractivity (Wildman–Crippen MR) is 95.2 cm³/mol. The fraction of sp³-hybridized carbons (Fsp3) is 0.300. The summed E-state index contributed by atoms with van der Waals surface area (Å²) in [7, 11) is 1.56. The van der Waals surface area contributed by atoms with Crippen LogP contribution in [0.1, 0.15) is 24.5 Å². The zero-order valence-electron chi connectivity index (χ0n) is 14.5. The summed E-state index contributed by atoms with van der Waals surface area (Å²) in [4.78, 5) is 26.5. The normalized spacial score (nSPS) is 11.6. The van der Waals surface area contributed by atoms with E-state index < -0.39 is 6.04 Å². The van der Waals surface area contributed by atoms with E-state index >= 15 is 0 Å².